The average Bonchev–Trinajstić information content (AvgIpc) is 2.78. The average molecular weight is 248 g/mol. The molecule has 1 aliphatic heterocycles. The van der Waals surface area contributed by atoms with Gasteiger partial charge in [-0.2, -0.15) is 0 Å². The third-order valence-electron chi connectivity index (χ3n) is 3.63. The molecule has 0 fully saturated rings. The van der Waals surface area contributed by atoms with E-state index >= 15 is 0 Å². The molecule has 3 nitrogen and oxygen atoms in total. The van der Waals surface area contributed by atoms with Crippen molar-refractivity contribution < 1.29 is 5.11 Å². The fourth-order valence-electron chi connectivity index (χ4n) is 2.69. The van der Waals surface area contributed by atoms with Crippen molar-refractivity contribution in [2.45, 2.75) is 6.42 Å². The lowest BCUT2D eigenvalue weighted by molar-refractivity contribution is 0.475. The van der Waals surface area contributed by atoms with Gasteiger partial charge < -0.3 is 9.67 Å². The molecule has 2 aliphatic rings. The topological polar surface area (TPSA) is 38.1 Å². The minimum atomic E-state index is 0.298. The highest BCUT2D eigenvalue weighted by molar-refractivity contribution is 5.93. The quantitative estimate of drug-likeness (QED) is 0.778. The molecule has 1 aromatic carbocycles. The minimum absolute atomic E-state index is 0.298. The number of phenols is 1. The predicted molar refractivity (Wildman–Crippen MR) is 75.3 cm³/mol. The molecular weight excluding hydrogens is 236 g/mol. The Morgan fingerprint density at radius 3 is 3.16 bits per heavy atom. The standard InChI is InChI=1S/C16H12N2O/c19-14-4-5-15-12(7-14)3-1-2-11-6-13-8-17-10-18(13)9-16(11)15/h1-5,7-10,19H,6H2. The first-order valence-electron chi connectivity index (χ1n) is 6.25. The molecule has 0 saturated carbocycles. The lowest BCUT2D eigenvalue weighted by atomic mass is 9.91. The molecule has 2 aromatic rings. The summed E-state index contributed by atoms with van der Waals surface area (Å²) in [5, 5.41) is 9.62. The number of benzene rings is 1. The lowest BCUT2D eigenvalue weighted by Gasteiger charge is -2.19. The molecule has 0 amide bonds. The molecule has 0 radical (unpaired) electrons. The zero-order chi connectivity index (χ0) is 12.8. The fourth-order valence-corrected chi connectivity index (χ4v) is 2.69. The maximum absolute atomic E-state index is 9.62. The van der Waals surface area contributed by atoms with Crippen LogP contribution in [0, 0.1) is 0 Å². The highest BCUT2D eigenvalue weighted by Crippen LogP contribution is 2.36. The summed E-state index contributed by atoms with van der Waals surface area (Å²) in [4.78, 5) is 4.19. The predicted octanol–water partition coefficient (Wildman–Crippen LogP) is 3.10. The van der Waals surface area contributed by atoms with Gasteiger partial charge in [0.05, 0.1) is 6.33 Å². The Morgan fingerprint density at radius 2 is 2.21 bits per heavy atom. The van der Waals surface area contributed by atoms with Crippen LogP contribution in [0.1, 0.15) is 16.8 Å². The van der Waals surface area contributed by atoms with Gasteiger partial charge in [-0.3, -0.25) is 0 Å². The fraction of sp³-hybridized carbons (Fsp3) is 0.0625. The maximum atomic E-state index is 9.62. The van der Waals surface area contributed by atoms with E-state index in [2.05, 4.69) is 21.8 Å². The third kappa shape index (κ3) is 1.55. The molecule has 1 aliphatic carbocycles. The number of aromatic hydroxyl groups is 1. The molecule has 3 heteroatoms. The largest absolute Gasteiger partial charge is 0.508 e. The van der Waals surface area contributed by atoms with Crippen molar-refractivity contribution in [2.24, 2.45) is 0 Å². The summed E-state index contributed by atoms with van der Waals surface area (Å²) in [6.07, 6.45) is 12.9. The zero-order valence-electron chi connectivity index (χ0n) is 10.2. The first-order valence-corrected chi connectivity index (χ1v) is 6.25. The summed E-state index contributed by atoms with van der Waals surface area (Å²) in [6, 6.07) is 5.51. The van der Waals surface area contributed by atoms with Crippen LogP contribution in [0.2, 0.25) is 0 Å². The third-order valence-corrected chi connectivity index (χ3v) is 3.63. The van der Waals surface area contributed by atoms with Crippen molar-refractivity contribution in [3.05, 3.63) is 65.3 Å². The van der Waals surface area contributed by atoms with Crippen molar-refractivity contribution in [3.8, 4) is 5.75 Å². The van der Waals surface area contributed by atoms with E-state index in [0.29, 0.717) is 5.75 Å². The van der Waals surface area contributed by atoms with Gasteiger partial charge in [-0.25, -0.2) is 4.98 Å². The Kier molecular flexibility index (Phi) is 2.03. The van der Waals surface area contributed by atoms with E-state index in [1.165, 1.54) is 16.8 Å². The van der Waals surface area contributed by atoms with Gasteiger partial charge >= 0.3 is 0 Å². The molecule has 0 spiro atoms. The molecule has 2 heterocycles. The van der Waals surface area contributed by atoms with Crippen LogP contribution in [0.4, 0.5) is 0 Å². The van der Waals surface area contributed by atoms with Gasteiger partial charge in [0, 0.05) is 30.1 Å². The van der Waals surface area contributed by atoms with Crippen LogP contribution < -0.4 is 0 Å². The smallest absolute Gasteiger partial charge is 0.116 e. The van der Waals surface area contributed by atoms with Gasteiger partial charge in [0.2, 0.25) is 0 Å². The summed E-state index contributed by atoms with van der Waals surface area (Å²) >= 11 is 0. The Balaban J connectivity index is 1.98. The highest BCUT2D eigenvalue weighted by Gasteiger charge is 2.19. The van der Waals surface area contributed by atoms with Crippen LogP contribution in [-0.2, 0) is 6.42 Å². The van der Waals surface area contributed by atoms with E-state index in [4.69, 9.17) is 0 Å². The molecular formula is C16H12N2O. The summed E-state index contributed by atoms with van der Waals surface area (Å²) in [7, 11) is 0. The molecule has 19 heavy (non-hydrogen) atoms. The van der Waals surface area contributed by atoms with Gasteiger partial charge in [0.25, 0.3) is 0 Å². The number of hydrogen-bond acceptors (Lipinski definition) is 2. The second-order valence-corrected chi connectivity index (χ2v) is 4.83. The molecule has 0 unspecified atom stereocenters. The maximum Gasteiger partial charge on any atom is 0.116 e. The summed E-state index contributed by atoms with van der Waals surface area (Å²) in [6.45, 7) is 0. The first kappa shape index (κ1) is 10.4. The number of allylic oxidation sites excluding steroid dienone is 4. The van der Waals surface area contributed by atoms with Crippen LogP contribution in [0.3, 0.4) is 0 Å². The molecule has 0 atom stereocenters. The SMILES string of the molecule is Oc1ccc2c(c1)C=CC=C1Cc3cncn3C=C12. The van der Waals surface area contributed by atoms with Crippen molar-refractivity contribution in [1.82, 2.24) is 9.55 Å². The zero-order valence-corrected chi connectivity index (χ0v) is 10.2. The van der Waals surface area contributed by atoms with Crippen LogP contribution in [0.5, 0.6) is 5.75 Å². The normalized spacial score (nSPS) is 15.8. The molecule has 0 bridgehead atoms. The second-order valence-electron chi connectivity index (χ2n) is 4.83. The van der Waals surface area contributed by atoms with Crippen molar-refractivity contribution >= 4 is 17.8 Å². The number of aromatic nitrogens is 2. The number of nitrogens with zero attached hydrogens (tertiary/aromatic N) is 2. The lowest BCUT2D eigenvalue weighted by Crippen LogP contribution is -2.06. The number of fused-ring (bicyclic) bond motifs is 4. The summed E-state index contributed by atoms with van der Waals surface area (Å²) in [5.74, 6) is 0.298. The number of rotatable bonds is 0. The van der Waals surface area contributed by atoms with E-state index in [9.17, 15) is 5.11 Å². The van der Waals surface area contributed by atoms with Crippen LogP contribution in [-0.4, -0.2) is 14.7 Å². The summed E-state index contributed by atoms with van der Waals surface area (Å²) < 4.78 is 2.06. The minimum Gasteiger partial charge on any atom is -0.508 e. The van der Waals surface area contributed by atoms with E-state index in [0.717, 1.165) is 17.5 Å². The second kappa shape index (κ2) is 3.72. The van der Waals surface area contributed by atoms with Gasteiger partial charge in [-0.15, -0.1) is 0 Å². The van der Waals surface area contributed by atoms with Crippen LogP contribution in [0.15, 0.2) is 48.4 Å². The Labute approximate surface area is 110 Å². The summed E-state index contributed by atoms with van der Waals surface area (Å²) in [5.41, 5.74) is 5.88. The Hall–Kier alpha value is -2.55. The highest BCUT2D eigenvalue weighted by atomic mass is 16.3. The molecule has 4 rings (SSSR count). The van der Waals surface area contributed by atoms with Crippen molar-refractivity contribution in [3.63, 3.8) is 0 Å². The van der Waals surface area contributed by atoms with Crippen molar-refractivity contribution in [2.75, 3.05) is 0 Å². The van der Waals surface area contributed by atoms with Crippen LogP contribution >= 0.6 is 0 Å². The Morgan fingerprint density at radius 1 is 1.26 bits per heavy atom. The van der Waals surface area contributed by atoms with E-state index in [1.807, 2.05) is 30.7 Å². The number of imidazole rings is 1. The van der Waals surface area contributed by atoms with Gasteiger partial charge in [-0.05, 0) is 28.8 Å². The van der Waals surface area contributed by atoms with E-state index in [1.54, 1.807) is 12.1 Å². The van der Waals surface area contributed by atoms with Gasteiger partial charge in [-0.1, -0.05) is 24.3 Å². The van der Waals surface area contributed by atoms with E-state index < -0.39 is 0 Å². The molecule has 1 N–H and O–H groups in total. The first-order chi connectivity index (χ1) is 9.31. The van der Waals surface area contributed by atoms with E-state index in [-0.39, 0.29) is 0 Å². The number of phenolic OH excluding ortho intramolecular Hbond substituents is 1. The monoisotopic (exact) mass is 248 g/mol. The van der Waals surface area contributed by atoms with Crippen LogP contribution in [0.25, 0.3) is 17.8 Å². The van der Waals surface area contributed by atoms with Gasteiger partial charge in [0.15, 0.2) is 0 Å². The Bertz CT molecular complexity index is 763. The molecule has 0 saturated heterocycles. The molecule has 92 valence electrons. The number of hydrogen-bond donors (Lipinski definition) is 1. The molecule has 1 aromatic heterocycles. The van der Waals surface area contributed by atoms with Gasteiger partial charge in [0.1, 0.15) is 5.75 Å². The van der Waals surface area contributed by atoms with Crippen molar-refractivity contribution in [1.29, 1.82) is 0 Å².